The number of nitrogens with zero attached hydrogens (tertiary/aromatic N) is 1. The van der Waals surface area contributed by atoms with E-state index in [9.17, 15) is 4.21 Å². The van der Waals surface area contributed by atoms with Crippen LogP contribution in [0, 0.1) is 11.3 Å². The fourth-order valence-corrected chi connectivity index (χ4v) is 3.38. The van der Waals surface area contributed by atoms with Crippen LogP contribution in [0.15, 0.2) is 46.0 Å². The van der Waals surface area contributed by atoms with Crippen molar-refractivity contribution in [2.75, 3.05) is 0 Å². The van der Waals surface area contributed by atoms with E-state index in [0.717, 1.165) is 9.77 Å². The third-order valence-electron chi connectivity index (χ3n) is 2.10. The normalized spacial score (nSPS) is 11.9. The molecule has 80 valence electrons. The second kappa shape index (κ2) is 5.06. The van der Waals surface area contributed by atoms with Crippen molar-refractivity contribution in [3.05, 3.63) is 52.9 Å². The smallest absolute Gasteiger partial charge is 0.0991 e. The van der Waals surface area contributed by atoms with Gasteiger partial charge in [-0.3, -0.25) is 4.21 Å². The Morgan fingerprint density at radius 1 is 1.25 bits per heavy atom. The summed E-state index contributed by atoms with van der Waals surface area (Å²) in [5.41, 5.74) is 1.62. The molecule has 1 heterocycles. The van der Waals surface area contributed by atoms with E-state index in [2.05, 4.69) is 6.07 Å². The predicted molar refractivity (Wildman–Crippen MR) is 65.6 cm³/mol. The highest BCUT2D eigenvalue weighted by Crippen LogP contribution is 2.17. The molecule has 0 amide bonds. The van der Waals surface area contributed by atoms with Crippen LogP contribution in [-0.2, 0) is 16.6 Å². The molecule has 1 aromatic heterocycles. The molecule has 0 fully saturated rings. The van der Waals surface area contributed by atoms with Crippen LogP contribution in [-0.4, -0.2) is 4.21 Å². The first-order chi connectivity index (χ1) is 7.79. The van der Waals surface area contributed by atoms with Gasteiger partial charge in [-0.25, -0.2) is 0 Å². The van der Waals surface area contributed by atoms with Crippen molar-refractivity contribution < 1.29 is 4.21 Å². The molecule has 2 rings (SSSR count). The molecule has 4 heteroatoms. The first-order valence-corrected chi connectivity index (χ1v) is 6.90. The van der Waals surface area contributed by atoms with Gasteiger partial charge in [-0.05, 0) is 29.1 Å². The first kappa shape index (κ1) is 11.1. The van der Waals surface area contributed by atoms with E-state index in [1.807, 2.05) is 29.6 Å². The van der Waals surface area contributed by atoms with Crippen molar-refractivity contribution in [1.29, 1.82) is 5.26 Å². The van der Waals surface area contributed by atoms with Crippen LogP contribution in [0.1, 0.15) is 11.1 Å². The highest BCUT2D eigenvalue weighted by Gasteiger charge is 2.05. The van der Waals surface area contributed by atoms with Crippen molar-refractivity contribution in [1.82, 2.24) is 0 Å². The molecule has 0 radical (unpaired) electrons. The summed E-state index contributed by atoms with van der Waals surface area (Å²) < 4.78 is 12.8. The van der Waals surface area contributed by atoms with Gasteiger partial charge < -0.3 is 0 Å². The topological polar surface area (TPSA) is 40.9 Å². The lowest BCUT2D eigenvalue weighted by Gasteiger charge is -1.99. The van der Waals surface area contributed by atoms with Crippen LogP contribution >= 0.6 is 11.3 Å². The third-order valence-corrected chi connectivity index (χ3v) is 4.79. The van der Waals surface area contributed by atoms with Gasteiger partial charge in [0.1, 0.15) is 0 Å². The zero-order valence-corrected chi connectivity index (χ0v) is 10.1. The number of hydrogen-bond donors (Lipinski definition) is 0. The van der Waals surface area contributed by atoms with Crippen molar-refractivity contribution >= 4 is 22.1 Å². The van der Waals surface area contributed by atoms with Gasteiger partial charge in [0.05, 0.1) is 32.4 Å². The van der Waals surface area contributed by atoms with Gasteiger partial charge in [-0.1, -0.05) is 18.2 Å². The quantitative estimate of drug-likeness (QED) is 0.836. The van der Waals surface area contributed by atoms with Crippen molar-refractivity contribution in [3.8, 4) is 6.07 Å². The molecule has 0 bridgehead atoms. The summed E-state index contributed by atoms with van der Waals surface area (Å²) in [6.07, 6.45) is 0. The molecule has 1 atom stereocenters. The number of nitriles is 1. The summed E-state index contributed by atoms with van der Waals surface area (Å²) >= 11 is 1.51. The molecular weight excluding hydrogens is 238 g/mol. The number of rotatable bonds is 3. The SMILES string of the molecule is N#Cc1ccc(CS(=O)c2cccs2)cc1. The molecule has 0 N–H and O–H groups in total. The Labute approximate surface area is 101 Å². The van der Waals surface area contributed by atoms with Gasteiger partial charge >= 0.3 is 0 Å². The summed E-state index contributed by atoms with van der Waals surface area (Å²) in [4.78, 5) is 0. The lowest BCUT2D eigenvalue weighted by Crippen LogP contribution is -1.93. The molecule has 0 saturated heterocycles. The highest BCUT2D eigenvalue weighted by atomic mass is 32.2. The maximum absolute atomic E-state index is 11.9. The molecule has 2 aromatic rings. The van der Waals surface area contributed by atoms with E-state index in [1.54, 1.807) is 12.1 Å². The Bertz CT molecular complexity index is 523. The summed E-state index contributed by atoms with van der Waals surface area (Å²) in [7, 11) is -0.976. The van der Waals surface area contributed by atoms with Crippen LogP contribution < -0.4 is 0 Å². The molecule has 16 heavy (non-hydrogen) atoms. The minimum Gasteiger partial charge on any atom is -0.253 e. The van der Waals surface area contributed by atoms with E-state index in [0.29, 0.717) is 11.3 Å². The molecule has 1 aromatic carbocycles. The number of benzene rings is 1. The monoisotopic (exact) mass is 247 g/mol. The minimum absolute atomic E-state index is 0.506. The van der Waals surface area contributed by atoms with Gasteiger partial charge in [0, 0.05) is 0 Å². The Morgan fingerprint density at radius 2 is 2.00 bits per heavy atom. The standard InChI is InChI=1S/C12H9NOS2/c13-8-10-3-5-11(6-4-10)9-16(14)12-2-1-7-15-12/h1-7H,9H2. The molecule has 1 unspecified atom stereocenters. The lowest BCUT2D eigenvalue weighted by atomic mass is 10.2. The summed E-state index contributed by atoms with van der Waals surface area (Å²) in [6, 6.07) is 13.0. The predicted octanol–water partition coefficient (Wildman–Crippen LogP) is 2.93. The van der Waals surface area contributed by atoms with E-state index in [1.165, 1.54) is 11.3 Å². The first-order valence-electron chi connectivity index (χ1n) is 4.70. The lowest BCUT2D eigenvalue weighted by molar-refractivity contribution is 0.684. The third kappa shape index (κ3) is 2.57. The van der Waals surface area contributed by atoms with Gasteiger partial charge in [0.25, 0.3) is 0 Å². The zero-order chi connectivity index (χ0) is 11.4. The Kier molecular flexibility index (Phi) is 3.50. The largest absolute Gasteiger partial charge is 0.253 e. The molecule has 0 aliphatic rings. The second-order valence-corrected chi connectivity index (χ2v) is 5.86. The van der Waals surface area contributed by atoms with Crippen molar-refractivity contribution in [2.24, 2.45) is 0 Å². The Balaban J connectivity index is 2.10. The summed E-state index contributed by atoms with van der Waals surface area (Å²) in [5, 5.41) is 10.6. The van der Waals surface area contributed by atoms with Crippen LogP contribution in [0.5, 0.6) is 0 Å². The van der Waals surface area contributed by atoms with Crippen LogP contribution in [0.25, 0.3) is 0 Å². The zero-order valence-electron chi connectivity index (χ0n) is 8.42. The van der Waals surface area contributed by atoms with Gasteiger partial charge in [-0.2, -0.15) is 5.26 Å². The fraction of sp³-hybridized carbons (Fsp3) is 0.0833. The van der Waals surface area contributed by atoms with E-state index >= 15 is 0 Å². The summed E-state index contributed by atoms with van der Waals surface area (Å²) in [6.45, 7) is 0. The van der Waals surface area contributed by atoms with Crippen LogP contribution in [0.3, 0.4) is 0 Å². The molecular formula is C12H9NOS2. The van der Waals surface area contributed by atoms with E-state index < -0.39 is 10.8 Å². The Morgan fingerprint density at radius 3 is 2.56 bits per heavy atom. The Hall–Kier alpha value is -1.44. The van der Waals surface area contributed by atoms with E-state index in [-0.39, 0.29) is 0 Å². The van der Waals surface area contributed by atoms with Crippen LogP contribution in [0.4, 0.5) is 0 Å². The molecule has 0 aliphatic heterocycles. The van der Waals surface area contributed by atoms with Gasteiger partial charge in [-0.15, -0.1) is 11.3 Å². The highest BCUT2D eigenvalue weighted by molar-refractivity contribution is 7.86. The minimum atomic E-state index is -0.976. The maximum atomic E-state index is 11.9. The summed E-state index contributed by atoms with van der Waals surface area (Å²) in [5.74, 6) is 0.506. The van der Waals surface area contributed by atoms with Crippen molar-refractivity contribution in [2.45, 2.75) is 9.96 Å². The van der Waals surface area contributed by atoms with Gasteiger partial charge in [0.15, 0.2) is 0 Å². The molecule has 2 nitrogen and oxygen atoms in total. The number of thiophene rings is 1. The van der Waals surface area contributed by atoms with Crippen LogP contribution in [0.2, 0.25) is 0 Å². The second-order valence-electron chi connectivity index (χ2n) is 3.23. The molecule has 0 aliphatic carbocycles. The number of hydrogen-bond acceptors (Lipinski definition) is 3. The maximum Gasteiger partial charge on any atom is 0.0991 e. The average molecular weight is 247 g/mol. The molecule has 0 spiro atoms. The van der Waals surface area contributed by atoms with Crippen molar-refractivity contribution in [3.63, 3.8) is 0 Å². The fourth-order valence-electron chi connectivity index (χ4n) is 1.29. The average Bonchev–Trinajstić information content (AvgIpc) is 2.83. The molecule has 0 saturated carbocycles. The van der Waals surface area contributed by atoms with E-state index in [4.69, 9.17) is 5.26 Å². The van der Waals surface area contributed by atoms with Gasteiger partial charge in [0.2, 0.25) is 0 Å².